The summed E-state index contributed by atoms with van der Waals surface area (Å²) in [5, 5.41) is 3.11. The van der Waals surface area contributed by atoms with Crippen molar-refractivity contribution in [3.8, 4) is 0 Å². The lowest BCUT2D eigenvalue weighted by molar-refractivity contribution is 0.0564. The molecule has 1 heterocycles. The van der Waals surface area contributed by atoms with Gasteiger partial charge in [-0.2, -0.15) is 0 Å². The fourth-order valence-corrected chi connectivity index (χ4v) is 3.62. The van der Waals surface area contributed by atoms with Crippen LogP contribution in [-0.4, -0.2) is 22.6 Å². The number of amidine groups is 1. The van der Waals surface area contributed by atoms with Crippen LogP contribution in [0.2, 0.25) is 0 Å². The molecule has 0 spiro atoms. The van der Waals surface area contributed by atoms with Crippen molar-refractivity contribution in [3.05, 3.63) is 29.6 Å². The number of nitrogens with two attached hydrogens (primary N) is 1. The Morgan fingerprint density at radius 1 is 1.50 bits per heavy atom. The van der Waals surface area contributed by atoms with E-state index in [4.69, 9.17) is 10.5 Å². The van der Waals surface area contributed by atoms with Gasteiger partial charge in [0.1, 0.15) is 11.4 Å². The first kappa shape index (κ1) is 18.6. The second-order valence-corrected chi connectivity index (χ2v) is 7.85. The van der Waals surface area contributed by atoms with Crippen LogP contribution in [0.1, 0.15) is 46.1 Å². The SMILES string of the molecule is CC[C@@]1(c2cc(N)ccc2F)CCSC(NC(=O)OC(C)(C)C)=N1. The molecule has 24 heavy (non-hydrogen) atoms. The van der Waals surface area contributed by atoms with Crippen LogP contribution in [0, 0.1) is 5.82 Å². The van der Waals surface area contributed by atoms with Gasteiger partial charge < -0.3 is 10.5 Å². The lowest BCUT2D eigenvalue weighted by Crippen LogP contribution is -2.39. The van der Waals surface area contributed by atoms with E-state index in [0.717, 1.165) is 5.75 Å². The number of nitrogens with zero attached hydrogens (tertiary/aromatic N) is 1. The first-order valence-electron chi connectivity index (χ1n) is 7.93. The van der Waals surface area contributed by atoms with Gasteiger partial charge in [-0.15, -0.1) is 0 Å². The van der Waals surface area contributed by atoms with Gasteiger partial charge in [-0.1, -0.05) is 18.7 Å². The summed E-state index contributed by atoms with van der Waals surface area (Å²) in [5.74, 6) is 0.384. The molecule has 0 aromatic heterocycles. The lowest BCUT2D eigenvalue weighted by Gasteiger charge is -2.34. The Labute approximate surface area is 146 Å². The third-order valence-electron chi connectivity index (χ3n) is 3.75. The molecule has 0 radical (unpaired) electrons. The number of halogens is 1. The maximum absolute atomic E-state index is 14.4. The minimum atomic E-state index is -0.727. The Morgan fingerprint density at radius 3 is 2.83 bits per heavy atom. The fourth-order valence-electron chi connectivity index (χ4n) is 2.59. The molecule has 1 atom stereocenters. The number of carbonyl (C=O) groups is 1. The number of nitrogen functional groups attached to an aromatic ring is 1. The number of thioether (sulfide) groups is 1. The van der Waals surface area contributed by atoms with Crippen LogP contribution in [0.3, 0.4) is 0 Å². The quantitative estimate of drug-likeness (QED) is 0.787. The normalized spacial score (nSPS) is 21.1. The van der Waals surface area contributed by atoms with Gasteiger partial charge in [-0.05, 0) is 51.8 Å². The largest absolute Gasteiger partial charge is 0.444 e. The number of alkyl carbamates (subject to hydrolysis) is 1. The molecule has 7 heteroatoms. The summed E-state index contributed by atoms with van der Waals surface area (Å²) < 4.78 is 19.6. The van der Waals surface area contributed by atoms with Crippen molar-refractivity contribution in [1.82, 2.24) is 5.32 Å². The van der Waals surface area contributed by atoms with Gasteiger partial charge in [-0.3, -0.25) is 10.3 Å². The zero-order chi connectivity index (χ0) is 18.0. The van der Waals surface area contributed by atoms with E-state index in [-0.39, 0.29) is 5.82 Å². The molecule has 1 aliphatic heterocycles. The number of anilines is 1. The molecule has 0 unspecified atom stereocenters. The van der Waals surface area contributed by atoms with E-state index in [9.17, 15) is 9.18 Å². The maximum Gasteiger partial charge on any atom is 0.413 e. The summed E-state index contributed by atoms with van der Waals surface area (Å²) in [6.07, 6.45) is 0.718. The van der Waals surface area contributed by atoms with Gasteiger partial charge in [-0.25, -0.2) is 9.18 Å². The highest BCUT2D eigenvalue weighted by Gasteiger charge is 2.36. The average molecular weight is 353 g/mol. The van der Waals surface area contributed by atoms with E-state index >= 15 is 0 Å². The minimum Gasteiger partial charge on any atom is -0.444 e. The smallest absolute Gasteiger partial charge is 0.413 e. The Morgan fingerprint density at radius 2 is 2.21 bits per heavy atom. The Bertz CT molecular complexity index is 658. The van der Waals surface area contributed by atoms with Crippen molar-refractivity contribution in [2.45, 2.75) is 51.7 Å². The highest BCUT2D eigenvalue weighted by Crippen LogP contribution is 2.40. The molecule has 0 bridgehead atoms. The number of benzene rings is 1. The van der Waals surface area contributed by atoms with Gasteiger partial charge in [0.05, 0.1) is 5.54 Å². The highest BCUT2D eigenvalue weighted by molar-refractivity contribution is 8.13. The number of ether oxygens (including phenoxy) is 1. The van der Waals surface area contributed by atoms with Gasteiger partial charge >= 0.3 is 6.09 Å². The molecule has 0 aliphatic carbocycles. The summed E-state index contributed by atoms with van der Waals surface area (Å²) in [7, 11) is 0. The monoisotopic (exact) mass is 353 g/mol. The first-order valence-corrected chi connectivity index (χ1v) is 8.92. The Balaban J connectivity index is 2.30. The van der Waals surface area contributed by atoms with Crippen LogP contribution in [0.15, 0.2) is 23.2 Å². The van der Waals surface area contributed by atoms with E-state index in [0.29, 0.717) is 29.3 Å². The summed E-state index contributed by atoms with van der Waals surface area (Å²) in [6, 6.07) is 4.52. The van der Waals surface area contributed by atoms with Crippen LogP contribution in [0.4, 0.5) is 14.9 Å². The molecule has 5 nitrogen and oxygen atoms in total. The summed E-state index contributed by atoms with van der Waals surface area (Å²) in [5.41, 5.74) is 5.47. The van der Waals surface area contributed by atoms with Crippen LogP contribution in [-0.2, 0) is 10.3 Å². The van der Waals surface area contributed by atoms with E-state index in [1.165, 1.54) is 23.9 Å². The summed E-state index contributed by atoms with van der Waals surface area (Å²) in [6.45, 7) is 7.33. The highest BCUT2D eigenvalue weighted by atomic mass is 32.2. The second kappa shape index (κ2) is 7.01. The summed E-state index contributed by atoms with van der Waals surface area (Å²) in [4.78, 5) is 16.6. The maximum atomic E-state index is 14.4. The van der Waals surface area contributed by atoms with Gasteiger partial charge in [0.25, 0.3) is 0 Å². The number of aliphatic imine (C=N–C) groups is 1. The molecule has 0 saturated heterocycles. The molecule has 1 aromatic rings. The molecule has 1 aliphatic rings. The average Bonchev–Trinajstić information content (AvgIpc) is 2.47. The van der Waals surface area contributed by atoms with Crippen LogP contribution >= 0.6 is 11.8 Å². The molecule has 3 N–H and O–H groups in total. The zero-order valence-corrected chi connectivity index (χ0v) is 15.3. The van der Waals surface area contributed by atoms with E-state index in [1.807, 2.05) is 6.92 Å². The van der Waals surface area contributed by atoms with Crippen molar-refractivity contribution in [2.24, 2.45) is 4.99 Å². The topological polar surface area (TPSA) is 76.7 Å². The van der Waals surface area contributed by atoms with Crippen molar-refractivity contribution >= 4 is 28.7 Å². The summed E-state index contributed by atoms with van der Waals surface area (Å²) >= 11 is 1.42. The van der Waals surface area contributed by atoms with E-state index in [1.54, 1.807) is 26.8 Å². The number of hydrogen-bond donors (Lipinski definition) is 2. The lowest BCUT2D eigenvalue weighted by atomic mass is 9.84. The number of rotatable bonds is 2. The van der Waals surface area contributed by atoms with Crippen molar-refractivity contribution in [3.63, 3.8) is 0 Å². The predicted octanol–water partition coefficient (Wildman–Crippen LogP) is 4.03. The van der Waals surface area contributed by atoms with Gasteiger partial charge in [0, 0.05) is 17.0 Å². The van der Waals surface area contributed by atoms with Crippen molar-refractivity contribution < 1.29 is 13.9 Å². The molecule has 2 rings (SSSR count). The second-order valence-electron chi connectivity index (χ2n) is 6.77. The third kappa shape index (κ3) is 4.41. The van der Waals surface area contributed by atoms with Crippen LogP contribution in [0.25, 0.3) is 0 Å². The fraction of sp³-hybridized carbons (Fsp3) is 0.529. The Hall–Kier alpha value is -1.76. The third-order valence-corrected chi connectivity index (χ3v) is 4.63. The molecule has 1 amide bonds. The molecule has 0 saturated carbocycles. The number of carbonyl (C=O) groups excluding carboxylic acids is 1. The van der Waals surface area contributed by atoms with Crippen molar-refractivity contribution in [2.75, 3.05) is 11.5 Å². The van der Waals surface area contributed by atoms with E-state index < -0.39 is 17.2 Å². The molecule has 0 fully saturated rings. The van der Waals surface area contributed by atoms with Gasteiger partial charge in [0.15, 0.2) is 5.17 Å². The van der Waals surface area contributed by atoms with Crippen molar-refractivity contribution in [1.29, 1.82) is 0 Å². The van der Waals surface area contributed by atoms with Crippen LogP contribution < -0.4 is 11.1 Å². The zero-order valence-electron chi connectivity index (χ0n) is 14.5. The number of amides is 1. The number of hydrogen-bond acceptors (Lipinski definition) is 5. The molecule has 1 aromatic carbocycles. The predicted molar refractivity (Wildman–Crippen MR) is 96.7 cm³/mol. The molecular formula is C17H24FN3O2S. The minimum absolute atomic E-state index is 0.335. The van der Waals surface area contributed by atoms with E-state index in [2.05, 4.69) is 10.3 Å². The molecule has 132 valence electrons. The van der Waals surface area contributed by atoms with Gasteiger partial charge in [0.2, 0.25) is 0 Å². The standard InChI is InChI=1S/C17H24FN3O2S/c1-5-17(12-10-11(19)6-7-13(12)18)8-9-24-14(21-17)20-15(22)23-16(2,3)4/h6-7,10H,5,8-9,19H2,1-4H3,(H,20,21,22)/t17-/m0/s1. The Kier molecular flexibility index (Phi) is 5.42. The number of nitrogens with one attached hydrogen (secondary N) is 1. The molecular weight excluding hydrogens is 329 g/mol. The first-order chi connectivity index (χ1) is 11.1. The van der Waals surface area contributed by atoms with Crippen LogP contribution in [0.5, 0.6) is 0 Å².